The van der Waals surface area contributed by atoms with E-state index >= 15 is 0 Å². The summed E-state index contributed by atoms with van der Waals surface area (Å²) in [5.74, 6) is 0. The van der Waals surface area contributed by atoms with Crippen LogP contribution in [-0.2, 0) is 31.1 Å². The van der Waals surface area contributed by atoms with Crippen LogP contribution >= 0.6 is 0 Å². The number of benzene rings is 4. The van der Waals surface area contributed by atoms with Crippen LogP contribution in [0.3, 0.4) is 0 Å². The third kappa shape index (κ3) is 4.68. The van der Waals surface area contributed by atoms with Crippen molar-refractivity contribution in [2.75, 3.05) is 13.1 Å². The van der Waals surface area contributed by atoms with Crippen molar-refractivity contribution in [2.45, 2.75) is 75.3 Å². The van der Waals surface area contributed by atoms with E-state index in [9.17, 15) is 25.9 Å². The quantitative estimate of drug-likeness (QED) is 0.116. The predicted molar refractivity (Wildman–Crippen MR) is 194 cm³/mol. The Morgan fingerprint density at radius 2 is 1.41 bits per heavy atom. The molecule has 3 atom stereocenters. The maximum Gasteiger partial charge on any atom is 0.210 e. The summed E-state index contributed by atoms with van der Waals surface area (Å²) < 4.78 is 76.9. The molecule has 4 aromatic rings. The fraction of sp³-hybridized carbons (Fsp3) is 0.359. The third-order valence-electron chi connectivity index (χ3n) is 11.8. The monoisotopic (exact) mass is 698 g/mol. The third-order valence-corrected chi connectivity index (χ3v) is 14.6. The highest BCUT2D eigenvalue weighted by Gasteiger charge is 2.71. The van der Waals surface area contributed by atoms with Crippen LogP contribution in [0.25, 0.3) is 21.5 Å². The van der Waals surface area contributed by atoms with E-state index in [0.717, 1.165) is 55.5 Å². The number of hydrogen-bond acceptors (Lipinski definition) is 6. The van der Waals surface area contributed by atoms with E-state index < -0.39 is 41.2 Å². The molecule has 0 aromatic heterocycles. The van der Waals surface area contributed by atoms with E-state index in [1.54, 1.807) is 6.92 Å². The van der Waals surface area contributed by atoms with Gasteiger partial charge in [0.15, 0.2) is 22.4 Å². The SMILES string of the molecule is CC(CC[N+]1=C(C=CC=C2C(C)(C)c3c(ccc4ccccc34)[N+]23CCC3(C)S(=O)(=O)[O-])C(C)(C)c2c1ccc1ccccc21)S(=O)(=O)[O-]. The average Bonchev–Trinajstić information content (AvgIpc) is 3.39. The summed E-state index contributed by atoms with van der Waals surface area (Å²) in [6.45, 7) is 12.3. The molecule has 3 heterocycles. The molecule has 0 saturated carbocycles. The Kier molecular flexibility index (Phi) is 7.53. The van der Waals surface area contributed by atoms with Gasteiger partial charge in [0.1, 0.15) is 11.4 Å². The lowest BCUT2D eigenvalue weighted by Gasteiger charge is -2.58. The van der Waals surface area contributed by atoms with Crippen LogP contribution in [0.2, 0.25) is 0 Å². The molecule has 0 amide bonds. The Balaban J connectivity index is 1.42. The van der Waals surface area contributed by atoms with Crippen LogP contribution in [0.5, 0.6) is 0 Å². The van der Waals surface area contributed by atoms with Gasteiger partial charge in [0, 0.05) is 42.7 Å². The van der Waals surface area contributed by atoms with E-state index in [2.05, 4.69) is 62.6 Å². The molecule has 7 rings (SSSR count). The van der Waals surface area contributed by atoms with Crippen molar-refractivity contribution in [3.63, 3.8) is 0 Å². The van der Waals surface area contributed by atoms with Gasteiger partial charge in [-0.15, -0.1) is 0 Å². The lowest BCUT2D eigenvalue weighted by Crippen LogP contribution is -2.76. The molecule has 8 nitrogen and oxygen atoms in total. The first kappa shape index (κ1) is 33.8. The van der Waals surface area contributed by atoms with Crippen molar-refractivity contribution in [3.8, 4) is 0 Å². The minimum atomic E-state index is -4.72. The Morgan fingerprint density at radius 1 is 0.816 bits per heavy atom. The Hall–Kier alpha value is -3.67. The molecule has 1 saturated heterocycles. The molecule has 1 spiro atoms. The van der Waals surface area contributed by atoms with Gasteiger partial charge in [0.2, 0.25) is 10.6 Å². The van der Waals surface area contributed by atoms with E-state index in [4.69, 9.17) is 0 Å². The van der Waals surface area contributed by atoms with Gasteiger partial charge < -0.3 is 9.11 Å². The van der Waals surface area contributed by atoms with Gasteiger partial charge in [-0.05, 0) is 74.4 Å². The minimum Gasteiger partial charge on any atom is -0.748 e. The molecule has 0 radical (unpaired) electrons. The van der Waals surface area contributed by atoms with Crippen molar-refractivity contribution in [1.82, 2.24) is 4.48 Å². The second-order valence-electron chi connectivity index (χ2n) is 15.1. The summed E-state index contributed by atoms with van der Waals surface area (Å²) >= 11 is 0. The van der Waals surface area contributed by atoms with Crippen LogP contribution in [0.1, 0.15) is 65.5 Å². The minimum absolute atomic E-state index is 0.0392. The van der Waals surface area contributed by atoms with Gasteiger partial charge in [-0.2, -0.15) is 4.58 Å². The second kappa shape index (κ2) is 10.9. The molecule has 1 fully saturated rings. The molecule has 49 heavy (non-hydrogen) atoms. The van der Waals surface area contributed by atoms with Gasteiger partial charge in [-0.3, -0.25) is 0 Å². The van der Waals surface area contributed by atoms with Gasteiger partial charge in [0.25, 0.3) is 0 Å². The van der Waals surface area contributed by atoms with E-state index in [-0.39, 0.29) is 17.3 Å². The summed E-state index contributed by atoms with van der Waals surface area (Å²) in [7, 11) is -9.18. The van der Waals surface area contributed by atoms with Gasteiger partial charge in [-0.25, -0.2) is 21.3 Å². The van der Waals surface area contributed by atoms with Crippen LogP contribution in [0.15, 0.2) is 96.7 Å². The topological polar surface area (TPSA) is 117 Å². The van der Waals surface area contributed by atoms with Crippen LogP contribution in [0.4, 0.5) is 11.4 Å². The normalized spacial score (nSPS) is 25.8. The zero-order valence-corrected chi connectivity index (χ0v) is 30.4. The second-order valence-corrected chi connectivity index (χ2v) is 18.6. The fourth-order valence-corrected chi connectivity index (χ4v) is 10.4. The molecule has 3 aliphatic rings. The number of hydrogen-bond donors (Lipinski definition) is 0. The standard InChI is InChI=1S/C39H42N2O6S2/c1-26(48(42,43)44)22-24-40-31-20-18-27-12-7-9-14-29(27)35(31)37(2,3)33(40)16-11-17-34-38(4,5)36-30-15-10-8-13-28(30)19-21-32(36)41(34)25-23-39(41,6)49(45,46)47/h7-21,26H,22-25H2,1-6H3. The number of nitrogens with zero attached hydrogens (tertiary/aromatic N) is 2. The molecule has 3 unspecified atom stereocenters. The first-order valence-corrected chi connectivity index (χ1v) is 19.6. The van der Waals surface area contributed by atoms with Gasteiger partial charge in [0.05, 0.1) is 39.2 Å². The van der Waals surface area contributed by atoms with Crippen molar-refractivity contribution < 1.29 is 30.5 Å². The highest BCUT2D eigenvalue weighted by Crippen LogP contribution is 2.63. The fourth-order valence-electron chi connectivity index (χ4n) is 8.98. The molecule has 4 aromatic carbocycles. The number of rotatable bonds is 7. The number of fused-ring (bicyclic) bond motifs is 7. The summed E-state index contributed by atoms with van der Waals surface area (Å²) in [5.41, 5.74) is 4.61. The largest absolute Gasteiger partial charge is 0.748 e. The molecule has 0 aliphatic carbocycles. The highest BCUT2D eigenvalue weighted by molar-refractivity contribution is 7.87. The first-order chi connectivity index (χ1) is 22.9. The van der Waals surface area contributed by atoms with Crippen molar-refractivity contribution in [2.24, 2.45) is 0 Å². The van der Waals surface area contributed by atoms with Crippen molar-refractivity contribution in [1.29, 1.82) is 0 Å². The highest BCUT2D eigenvalue weighted by atomic mass is 32.2. The van der Waals surface area contributed by atoms with Gasteiger partial charge >= 0.3 is 0 Å². The number of allylic oxidation sites excluding steroid dienone is 4. The maximum absolute atomic E-state index is 13.1. The summed E-state index contributed by atoms with van der Waals surface area (Å²) in [5, 5.41) is 3.23. The summed E-state index contributed by atoms with van der Waals surface area (Å²) in [6, 6.07) is 24.4. The molecule has 0 bridgehead atoms. The zero-order chi connectivity index (χ0) is 35.4. The smallest absolute Gasteiger partial charge is 0.210 e. The van der Waals surface area contributed by atoms with Crippen LogP contribution in [-0.4, -0.2) is 59.4 Å². The van der Waals surface area contributed by atoms with Gasteiger partial charge in [-0.1, -0.05) is 54.6 Å². The van der Waals surface area contributed by atoms with E-state index in [0.29, 0.717) is 13.1 Å². The Bertz CT molecular complexity index is 2390. The molecule has 10 heteroatoms. The molecular weight excluding hydrogens is 657 g/mol. The van der Waals surface area contributed by atoms with Crippen LogP contribution in [0, 0.1) is 0 Å². The lowest BCUT2D eigenvalue weighted by molar-refractivity contribution is -0.438. The lowest BCUT2D eigenvalue weighted by atomic mass is 9.78. The molecular formula is C39H42N2O6S2. The number of quaternary nitrogens is 1. The molecule has 0 N–H and O–H groups in total. The molecule has 256 valence electrons. The Labute approximate surface area is 289 Å². The Morgan fingerprint density at radius 3 is 1.98 bits per heavy atom. The predicted octanol–water partition coefficient (Wildman–Crippen LogP) is 7.10. The van der Waals surface area contributed by atoms with E-state index in [1.165, 1.54) is 6.92 Å². The van der Waals surface area contributed by atoms with Crippen molar-refractivity contribution >= 4 is 58.9 Å². The van der Waals surface area contributed by atoms with Crippen molar-refractivity contribution in [3.05, 3.63) is 108 Å². The van der Waals surface area contributed by atoms with Crippen LogP contribution < -0.4 is 4.48 Å². The summed E-state index contributed by atoms with van der Waals surface area (Å²) in [4.78, 5) is -1.57. The molecule has 3 aliphatic heterocycles. The average molecular weight is 699 g/mol. The zero-order valence-electron chi connectivity index (χ0n) is 28.7. The maximum atomic E-state index is 13.1. The van der Waals surface area contributed by atoms with E-state index in [1.807, 2.05) is 60.7 Å². The first-order valence-electron chi connectivity index (χ1n) is 16.7. The summed E-state index contributed by atoms with van der Waals surface area (Å²) in [6.07, 6.45) is 6.37.